The standard InChI is InChI=1S/C19H22FN5O3/c1-11-8-17(26)23-19(21-11)25-16(9-14(24-25)12-6-7-12)22-18(27)10-28-15-5-3-2-4-13(15)20/h2-5,9,11-12,19,21H,6-8,10H2,1H3,(H,22,27)(H,23,26). The van der Waals surface area contributed by atoms with Crippen LogP contribution in [-0.2, 0) is 9.59 Å². The average molecular weight is 387 g/mol. The topological polar surface area (TPSA) is 97.3 Å². The zero-order valence-corrected chi connectivity index (χ0v) is 15.4. The highest BCUT2D eigenvalue weighted by atomic mass is 19.1. The van der Waals surface area contributed by atoms with Gasteiger partial charge in [-0.1, -0.05) is 12.1 Å². The van der Waals surface area contributed by atoms with E-state index in [-0.39, 0.29) is 24.3 Å². The molecule has 1 aliphatic carbocycles. The van der Waals surface area contributed by atoms with Crippen LogP contribution in [0.25, 0.3) is 0 Å². The van der Waals surface area contributed by atoms with Crippen molar-refractivity contribution in [2.45, 2.75) is 44.4 Å². The SMILES string of the molecule is CC1CC(=O)NC(n2nc(C3CC3)cc2NC(=O)COc2ccccc2F)N1. The van der Waals surface area contributed by atoms with E-state index in [0.717, 1.165) is 18.5 Å². The molecule has 1 aromatic heterocycles. The zero-order chi connectivity index (χ0) is 19.7. The maximum absolute atomic E-state index is 13.6. The van der Waals surface area contributed by atoms with Crippen LogP contribution in [0.5, 0.6) is 5.75 Å². The number of para-hydroxylation sites is 1. The molecule has 0 radical (unpaired) electrons. The predicted molar refractivity (Wildman–Crippen MR) is 99.1 cm³/mol. The van der Waals surface area contributed by atoms with Crippen molar-refractivity contribution in [3.05, 3.63) is 41.8 Å². The molecular formula is C19H22FN5O3. The number of benzene rings is 1. The fourth-order valence-electron chi connectivity index (χ4n) is 3.16. The summed E-state index contributed by atoms with van der Waals surface area (Å²) in [5.74, 6) is -0.208. The van der Waals surface area contributed by atoms with Crippen LogP contribution >= 0.6 is 0 Å². The third kappa shape index (κ3) is 4.14. The number of nitrogens with zero attached hydrogens (tertiary/aromatic N) is 2. The minimum Gasteiger partial charge on any atom is -0.481 e. The summed E-state index contributed by atoms with van der Waals surface area (Å²) in [6, 6.07) is 7.70. The highest BCUT2D eigenvalue weighted by Crippen LogP contribution is 2.40. The van der Waals surface area contributed by atoms with E-state index in [2.05, 4.69) is 21.0 Å². The first-order valence-corrected chi connectivity index (χ1v) is 9.31. The van der Waals surface area contributed by atoms with Crippen LogP contribution in [0, 0.1) is 5.82 Å². The number of hydrogen-bond acceptors (Lipinski definition) is 5. The maximum atomic E-state index is 13.6. The van der Waals surface area contributed by atoms with Gasteiger partial charge >= 0.3 is 0 Å². The minimum atomic E-state index is -0.550. The van der Waals surface area contributed by atoms with E-state index < -0.39 is 18.0 Å². The Balaban J connectivity index is 1.47. The van der Waals surface area contributed by atoms with Gasteiger partial charge in [0.05, 0.1) is 5.69 Å². The predicted octanol–water partition coefficient (Wildman–Crippen LogP) is 1.87. The number of carbonyl (C=O) groups is 2. The molecule has 0 spiro atoms. The first-order chi connectivity index (χ1) is 13.5. The average Bonchev–Trinajstić information content (AvgIpc) is 3.41. The Morgan fingerprint density at radius 3 is 2.89 bits per heavy atom. The number of aromatic nitrogens is 2. The van der Waals surface area contributed by atoms with Gasteiger partial charge in [-0.2, -0.15) is 5.10 Å². The van der Waals surface area contributed by atoms with Crippen LogP contribution in [0.3, 0.4) is 0 Å². The largest absolute Gasteiger partial charge is 0.481 e. The van der Waals surface area contributed by atoms with E-state index in [1.54, 1.807) is 16.8 Å². The lowest BCUT2D eigenvalue weighted by molar-refractivity contribution is -0.125. The van der Waals surface area contributed by atoms with E-state index >= 15 is 0 Å². The van der Waals surface area contributed by atoms with E-state index in [9.17, 15) is 14.0 Å². The minimum absolute atomic E-state index is 0.0136. The number of anilines is 1. The summed E-state index contributed by atoms with van der Waals surface area (Å²) in [4.78, 5) is 24.2. The normalized spacial score (nSPS) is 21.9. The number of nitrogens with one attached hydrogen (secondary N) is 3. The molecule has 2 aromatic rings. The molecule has 3 N–H and O–H groups in total. The molecule has 2 fully saturated rings. The Labute approximate surface area is 161 Å². The number of carbonyl (C=O) groups excluding carboxylic acids is 2. The number of halogens is 1. The van der Waals surface area contributed by atoms with Crippen LogP contribution in [0.2, 0.25) is 0 Å². The number of hydrogen-bond donors (Lipinski definition) is 3. The van der Waals surface area contributed by atoms with Crippen molar-refractivity contribution in [1.82, 2.24) is 20.4 Å². The molecule has 148 valence electrons. The van der Waals surface area contributed by atoms with Crippen molar-refractivity contribution in [2.75, 3.05) is 11.9 Å². The number of amides is 2. The summed E-state index contributed by atoms with van der Waals surface area (Å²) in [5, 5.41) is 13.4. The zero-order valence-electron chi connectivity index (χ0n) is 15.4. The van der Waals surface area contributed by atoms with Crippen LogP contribution in [-0.4, -0.2) is 34.2 Å². The molecule has 1 saturated heterocycles. The van der Waals surface area contributed by atoms with E-state index in [4.69, 9.17) is 4.74 Å². The summed E-state index contributed by atoms with van der Waals surface area (Å²) in [7, 11) is 0. The van der Waals surface area contributed by atoms with Crippen molar-refractivity contribution >= 4 is 17.6 Å². The van der Waals surface area contributed by atoms with Gasteiger partial charge in [0.2, 0.25) is 5.91 Å². The lowest BCUT2D eigenvalue weighted by Crippen LogP contribution is -2.52. The second kappa shape index (κ2) is 7.59. The molecule has 1 aromatic carbocycles. The Morgan fingerprint density at radius 1 is 1.39 bits per heavy atom. The molecular weight excluding hydrogens is 365 g/mol. The highest BCUT2D eigenvalue weighted by Gasteiger charge is 2.31. The van der Waals surface area contributed by atoms with Crippen molar-refractivity contribution in [3.8, 4) is 5.75 Å². The first-order valence-electron chi connectivity index (χ1n) is 9.31. The Morgan fingerprint density at radius 2 is 2.18 bits per heavy atom. The molecule has 9 heteroatoms. The quantitative estimate of drug-likeness (QED) is 0.703. The monoisotopic (exact) mass is 387 g/mol. The lowest BCUT2D eigenvalue weighted by Gasteiger charge is -2.30. The van der Waals surface area contributed by atoms with Gasteiger partial charge in [-0.15, -0.1) is 0 Å². The molecule has 2 aliphatic rings. The first kappa shape index (κ1) is 18.4. The fraction of sp³-hybridized carbons (Fsp3) is 0.421. The third-order valence-corrected chi connectivity index (χ3v) is 4.69. The summed E-state index contributed by atoms with van der Waals surface area (Å²) in [5.41, 5.74) is 0.875. The summed E-state index contributed by atoms with van der Waals surface area (Å²) >= 11 is 0. The molecule has 2 unspecified atom stereocenters. The van der Waals surface area contributed by atoms with Gasteiger partial charge in [0.25, 0.3) is 5.91 Å². The van der Waals surface area contributed by atoms with E-state index in [1.165, 1.54) is 12.1 Å². The van der Waals surface area contributed by atoms with Gasteiger partial charge in [0.1, 0.15) is 5.82 Å². The van der Waals surface area contributed by atoms with Crippen LogP contribution < -0.4 is 20.7 Å². The molecule has 1 aliphatic heterocycles. The number of ether oxygens (including phenoxy) is 1. The van der Waals surface area contributed by atoms with Crippen molar-refractivity contribution < 1.29 is 18.7 Å². The van der Waals surface area contributed by atoms with E-state index in [0.29, 0.717) is 18.2 Å². The molecule has 28 heavy (non-hydrogen) atoms. The second-order valence-electron chi connectivity index (χ2n) is 7.18. The van der Waals surface area contributed by atoms with Gasteiger partial charge in [-0.25, -0.2) is 9.07 Å². The van der Waals surface area contributed by atoms with E-state index in [1.807, 2.05) is 13.0 Å². The van der Waals surface area contributed by atoms with Gasteiger partial charge in [-0.05, 0) is 31.9 Å². The third-order valence-electron chi connectivity index (χ3n) is 4.69. The number of rotatable bonds is 6. The van der Waals surface area contributed by atoms with Gasteiger partial charge < -0.3 is 15.4 Å². The molecule has 2 amide bonds. The Bertz CT molecular complexity index is 895. The van der Waals surface area contributed by atoms with Gasteiger partial charge in [0, 0.05) is 24.4 Å². The molecule has 1 saturated carbocycles. The van der Waals surface area contributed by atoms with Crippen LogP contribution in [0.15, 0.2) is 30.3 Å². The molecule has 0 bridgehead atoms. The second-order valence-corrected chi connectivity index (χ2v) is 7.18. The van der Waals surface area contributed by atoms with Gasteiger partial charge in [-0.3, -0.25) is 14.9 Å². The highest BCUT2D eigenvalue weighted by molar-refractivity contribution is 5.91. The van der Waals surface area contributed by atoms with Crippen molar-refractivity contribution in [2.24, 2.45) is 0 Å². The summed E-state index contributed by atoms with van der Waals surface area (Å²) in [6.07, 6.45) is 1.95. The van der Waals surface area contributed by atoms with Crippen LogP contribution in [0.4, 0.5) is 10.2 Å². The lowest BCUT2D eigenvalue weighted by atomic mass is 10.2. The Kier molecular flexibility index (Phi) is 4.99. The molecule has 2 atom stereocenters. The van der Waals surface area contributed by atoms with Crippen LogP contribution in [0.1, 0.15) is 44.1 Å². The summed E-state index contributed by atoms with van der Waals surface area (Å²) < 4.78 is 20.5. The van der Waals surface area contributed by atoms with Crippen molar-refractivity contribution in [3.63, 3.8) is 0 Å². The Hall–Kier alpha value is -2.94. The molecule has 2 heterocycles. The molecule has 8 nitrogen and oxygen atoms in total. The smallest absolute Gasteiger partial charge is 0.263 e. The fourth-order valence-corrected chi connectivity index (χ4v) is 3.16. The molecule has 4 rings (SSSR count). The summed E-state index contributed by atoms with van der Waals surface area (Å²) in [6.45, 7) is 1.57. The maximum Gasteiger partial charge on any atom is 0.263 e. The van der Waals surface area contributed by atoms with Gasteiger partial charge in [0.15, 0.2) is 24.5 Å². The van der Waals surface area contributed by atoms with Crippen molar-refractivity contribution in [1.29, 1.82) is 0 Å².